The number of aromatic nitrogens is 4. The van der Waals surface area contributed by atoms with Gasteiger partial charge < -0.3 is 5.32 Å². The SMILES string of the molecule is Cc1cc(C)c(NC(=O)CSc2nnc3n(Cc4ccccc4)c(=O)c4sccc4n23)c(C)c1. The van der Waals surface area contributed by atoms with Gasteiger partial charge in [0, 0.05) is 5.69 Å². The lowest BCUT2D eigenvalue weighted by Crippen LogP contribution is -2.23. The molecule has 0 spiro atoms. The van der Waals surface area contributed by atoms with E-state index in [1.165, 1.54) is 28.7 Å². The van der Waals surface area contributed by atoms with Gasteiger partial charge in [0.2, 0.25) is 11.7 Å². The van der Waals surface area contributed by atoms with Crippen LogP contribution in [0.25, 0.3) is 16.0 Å². The molecular formula is C25H23N5O2S2. The third-order valence-corrected chi connectivity index (χ3v) is 7.46. The Hall–Kier alpha value is -3.43. The zero-order valence-electron chi connectivity index (χ0n) is 19.0. The molecule has 172 valence electrons. The molecule has 0 fully saturated rings. The van der Waals surface area contributed by atoms with Crippen LogP contribution >= 0.6 is 23.1 Å². The molecule has 0 aliphatic heterocycles. The second kappa shape index (κ2) is 9.08. The number of hydrogen-bond donors (Lipinski definition) is 1. The summed E-state index contributed by atoms with van der Waals surface area (Å²) in [6, 6.07) is 15.8. The highest BCUT2D eigenvalue weighted by Gasteiger charge is 2.19. The van der Waals surface area contributed by atoms with Crippen LogP contribution in [0.2, 0.25) is 0 Å². The van der Waals surface area contributed by atoms with Crippen molar-refractivity contribution in [3.05, 3.63) is 86.5 Å². The quantitative estimate of drug-likeness (QED) is 0.346. The van der Waals surface area contributed by atoms with Gasteiger partial charge in [0.1, 0.15) is 4.70 Å². The molecule has 9 heteroatoms. The molecule has 3 aromatic heterocycles. The number of anilines is 1. The second-order valence-electron chi connectivity index (χ2n) is 8.24. The minimum Gasteiger partial charge on any atom is -0.325 e. The Kier molecular flexibility index (Phi) is 5.97. The fourth-order valence-corrected chi connectivity index (χ4v) is 5.75. The first-order valence-electron chi connectivity index (χ1n) is 10.8. The third kappa shape index (κ3) is 4.12. The number of aryl methyl sites for hydroxylation is 3. The maximum atomic E-state index is 13.2. The van der Waals surface area contributed by atoms with Gasteiger partial charge in [0.25, 0.3) is 5.56 Å². The van der Waals surface area contributed by atoms with Crippen molar-refractivity contribution in [1.82, 2.24) is 19.2 Å². The Labute approximate surface area is 204 Å². The number of nitrogens with zero attached hydrogens (tertiary/aromatic N) is 4. The van der Waals surface area contributed by atoms with Gasteiger partial charge in [-0.05, 0) is 48.9 Å². The molecule has 1 amide bonds. The number of thioether (sulfide) groups is 1. The van der Waals surface area contributed by atoms with E-state index in [0.29, 0.717) is 22.2 Å². The third-order valence-electron chi connectivity index (χ3n) is 5.64. The van der Waals surface area contributed by atoms with Gasteiger partial charge in [-0.1, -0.05) is 59.8 Å². The van der Waals surface area contributed by atoms with E-state index in [1.54, 1.807) is 4.57 Å². The normalized spacial score (nSPS) is 11.4. The molecule has 34 heavy (non-hydrogen) atoms. The number of hydrogen-bond acceptors (Lipinski definition) is 6. The predicted molar refractivity (Wildman–Crippen MR) is 138 cm³/mol. The van der Waals surface area contributed by atoms with E-state index in [2.05, 4.69) is 27.6 Å². The van der Waals surface area contributed by atoms with Gasteiger partial charge in [-0.3, -0.25) is 18.6 Å². The molecule has 0 aliphatic rings. The lowest BCUT2D eigenvalue weighted by Gasteiger charge is -2.12. The van der Waals surface area contributed by atoms with Crippen LogP contribution in [0.3, 0.4) is 0 Å². The summed E-state index contributed by atoms with van der Waals surface area (Å²) in [5, 5.41) is 14.2. The number of carbonyl (C=O) groups excluding carboxylic acids is 1. The first-order valence-corrected chi connectivity index (χ1v) is 12.7. The smallest absolute Gasteiger partial charge is 0.273 e. The highest BCUT2D eigenvalue weighted by Crippen LogP contribution is 2.26. The van der Waals surface area contributed by atoms with E-state index in [9.17, 15) is 9.59 Å². The molecule has 0 aliphatic carbocycles. The molecule has 2 aromatic carbocycles. The van der Waals surface area contributed by atoms with Crippen molar-refractivity contribution >= 4 is 50.7 Å². The Balaban J connectivity index is 1.46. The summed E-state index contributed by atoms with van der Waals surface area (Å²) in [5.41, 5.74) is 5.75. The molecular weight excluding hydrogens is 466 g/mol. The van der Waals surface area contributed by atoms with E-state index in [0.717, 1.165) is 27.9 Å². The number of fused-ring (bicyclic) bond motifs is 3. The van der Waals surface area contributed by atoms with Crippen molar-refractivity contribution in [3.8, 4) is 0 Å². The van der Waals surface area contributed by atoms with Crippen LogP contribution in [0.4, 0.5) is 5.69 Å². The minimum atomic E-state index is -0.115. The molecule has 5 rings (SSSR count). The van der Waals surface area contributed by atoms with E-state index in [4.69, 9.17) is 0 Å². The summed E-state index contributed by atoms with van der Waals surface area (Å²) in [4.78, 5) is 26.0. The average Bonchev–Trinajstić information content (AvgIpc) is 3.45. The summed E-state index contributed by atoms with van der Waals surface area (Å²) < 4.78 is 4.15. The molecule has 0 unspecified atom stereocenters. The van der Waals surface area contributed by atoms with Crippen LogP contribution in [0.15, 0.2) is 63.9 Å². The minimum absolute atomic E-state index is 0.0895. The molecule has 0 saturated carbocycles. The molecule has 0 bridgehead atoms. The highest BCUT2D eigenvalue weighted by atomic mass is 32.2. The molecule has 0 atom stereocenters. The summed E-state index contributed by atoms with van der Waals surface area (Å²) in [5.74, 6) is 0.528. The van der Waals surface area contributed by atoms with Crippen LogP contribution in [0, 0.1) is 20.8 Å². The predicted octanol–water partition coefficient (Wildman–Crippen LogP) is 4.81. The molecule has 0 radical (unpaired) electrons. The van der Waals surface area contributed by atoms with Crippen molar-refractivity contribution < 1.29 is 4.79 Å². The number of thiophene rings is 1. The van der Waals surface area contributed by atoms with Crippen LogP contribution in [0.1, 0.15) is 22.3 Å². The second-order valence-corrected chi connectivity index (χ2v) is 10.1. The van der Waals surface area contributed by atoms with Crippen LogP contribution in [0.5, 0.6) is 0 Å². The van der Waals surface area contributed by atoms with Gasteiger partial charge in [-0.15, -0.1) is 21.5 Å². The summed E-state index contributed by atoms with van der Waals surface area (Å²) >= 11 is 2.70. The fourth-order valence-electron chi connectivity index (χ4n) is 4.18. The fraction of sp³-hybridized carbons (Fsp3) is 0.200. The maximum Gasteiger partial charge on any atom is 0.273 e. The zero-order valence-corrected chi connectivity index (χ0v) is 20.7. The van der Waals surface area contributed by atoms with Gasteiger partial charge in [-0.25, -0.2) is 0 Å². The van der Waals surface area contributed by atoms with Crippen molar-refractivity contribution in [2.24, 2.45) is 0 Å². The van der Waals surface area contributed by atoms with E-state index in [-0.39, 0.29) is 17.2 Å². The lowest BCUT2D eigenvalue weighted by atomic mass is 10.1. The summed E-state index contributed by atoms with van der Waals surface area (Å²) in [7, 11) is 0. The van der Waals surface area contributed by atoms with Crippen molar-refractivity contribution in [1.29, 1.82) is 0 Å². The molecule has 5 aromatic rings. The van der Waals surface area contributed by atoms with Crippen molar-refractivity contribution in [2.75, 3.05) is 11.1 Å². The zero-order chi connectivity index (χ0) is 23.8. The van der Waals surface area contributed by atoms with E-state index >= 15 is 0 Å². The number of rotatable bonds is 6. The Morgan fingerprint density at radius 2 is 1.79 bits per heavy atom. The van der Waals surface area contributed by atoms with E-state index < -0.39 is 0 Å². The average molecular weight is 490 g/mol. The van der Waals surface area contributed by atoms with Crippen molar-refractivity contribution in [3.63, 3.8) is 0 Å². The van der Waals surface area contributed by atoms with Crippen LogP contribution in [-0.2, 0) is 11.3 Å². The Morgan fingerprint density at radius 1 is 1.06 bits per heavy atom. The molecule has 0 saturated heterocycles. The Bertz CT molecular complexity index is 1560. The number of amides is 1. The van der Waals surface area contributed by atoms with Gasteiger partial charge in [0.15, 0.2) is 5.16 Å². The first kappa shape index (κ1) is 22.4. The van der Waals surface area contributed by atoms with Gasteiger partial charge in [-0.2, -0.15) is 0 Å². The standard InChI is InChI=1S/C25H23N5O2S2/c1-15-11-16(2)21(17(3)12-15)26-20(31)14-34-25-28-27-24-29(13-18-7-5-4-6-8-18)23(32)22-19(30(24)25)9-10-33-22/h4-12H,13-14H2,1-3H3,(H,26,31). The topological polar surface area (TPSA) is 81.3 Å². The Morgan fingerprint density at radius 3 is 2.53 bits per heavy atom. The first-order chi connectivity index (χ1) is 16.4. The van der Waals surface area contributed by atoms with Crippen LogP contribution in [-0.4, -0.2) is 30.8 Å². The molecule has 7 nitrogen and oxygen atoms in total. The number of carbonyl (C=O) groups is 1. The number of nitrogens with one attached hydrogen (secondary N) is 1. The molecule has 3 heterocycles. The molecule has 1 N–H and O–H groups in total. The maximum absolute atomic E-state index is 13.2. The van der Waals surface area contributed by atoms with Crippen LogP contribution < -0.4 is 10.9 Å². The monoisotopic (exact) mass is 489 g/mol. The van der Waals surface area contributed by atoms with E-state index in [1.807, 2.05) is 67.0 Å². The number of benzene rings is 2. The highest BCUT2D eigenvalue weighted by molar-refractivity contribution is 7.99. The van der Waals surface area contributed by atoms with Gasteiger partial charge in [0.05, 0.1) is 17.8 Å². The summed E-state index contributed by atoms with van der Waals surface area (Å²) in [6.07, 6.45) is 0. The van der Waals surface area contributed by atoms with Gasteiger partial charge >= 0.3 is 0 Å². The van der Waals surface area contributed by atoms with Crippen molar-refractivity contribution in [2.45, 2.75) is 32.5 Å². The largest absolute Gasteiger partial charge is 0.325 e. The summed E-state index contributed by atoms with van der Waals surface area (Å²) in [6.45, 7) is 6.43. The lowest BCUT2D eigenvalue weighted by molar-refractivity contribution is -0.113.